The van der Waals surface area contributed by atoms with Crippen molar-refractivity contribution in [2.45, 2.75) is 6.54 Å². The van der Waals surface area contributed by atoms with Crippen molar-refractivity contribution in [2.75, 3.05) is 18.8 Å². The zero-order valence-electron chi connectivity index (χ0n) is 9.51. The highest BCUT2D eigenvalue weighted by molar-refractivity contribution is 8.48. The van der Waals surface area contributed by atoms with Crippen LogP contribution in [-0.4, -0.2) is 23.1 Å². The van der Waals surface area contributed by atoms with Gasteiger partial charge in [-0.1, -0.05) is 41.5 Å². The van der Waals surface area contributed by atoms with Gasteiger partial charge in [0.2, 0.25) is 0 Å². The van der Waals surface area contributed by atoms with E-state index in [1.54, 1.807) is 6.07 Å². The first kappa shape index (κ1) is 14.1. The van der Waals surface area contributed by atoms with E-state index in [2.05, 4.69) is 24.1 Å². The Bertz CT molecular complexity index is 399. The highest BCUT2D eigenvalue weighted by atomic mass is 35.5. The monoisotopic (exact) mass is 295 g/mol. The maximum Gasteiger partial charge on any atom is 0.116 e. The Morgan fingerprint density at radius 1 is 1.25 bits per heavy atom. The van der Waals surface area contributed by atoms with Gasteiger partial charge >= 0.3 is 0 Å². The molecule has 5 heteroatoms. The Balaban J connectivity index is 2.62. The number of hydrogen-bond donors (Lipinski definition) is 1. The lowest BCUT2D eigenvalue weighted by molar-refractivity contribution is 0.939. The molecule has 1 N–H and O–H groups in total. The van der Waals surface area contributed by atoms with Crippen LogP contribution in [0.25, 0.3) is 0 Å². The molecule has 0 spiro atoms. The Hall–Kier alpha value is 0.0400. The highest BCUT2D eigenvalue weighted by Gasteiger charge is 2.10. The van der Waals surface area contributed by atoms with Gasteiger partial charge in [-0.15, -0.1) is 0 Å². The number of halogens is 2. The Morgan fingerprint density at radius 2 is 1.88 bits per heavy atom. The molecule has 0 saturated carbocycles. The van der Waals surface area contributed by atoms with Crippen LogP contribution in [0, 0.1) is 0 Å². The van der Waals surface area contributed by atoms with Crippen LogP contribution in [0.3, 0.4) is 0 Å². The molecule has 0 amide bonds. The van der Waals surface area contributed by atoms with Crippen molar-refractivity contribution in [1.29, 1.82) is 0 Å². The van der Waals surface area contributed by atoms with Gasteiger partial charge in [0.15, 0.2) is 0 Å². The van der Waals surface area contributed by atoms with Gasteiger partial charge in [-0.2, -0.15) is 10.0 Å². The predicted molar refractivity (Wildman–Crippen MR) is 81.3 cm³/mol. The SMILES string of the molecule is CS(C)(C)C(=S)NCc1ccc(Cl)c(Cl)c1. The molecule has 0 bridgehead atoms. The normalized spacial score (nSPS) is 12.3. The van der Waals surface area contributed by atoms with E-state index in [1.165, 1.54) is 0 Å². The zero-order valence-corrected chi connectivity index (χ0v) is 12.7. The number of nitrogens with one attached hydrogen (secondary N) is 1. The van der Waals surface area contributed by atoms with Gasteiger partial charge in [-0.25, -0.2) is 0 Å². The molecule has 0 heterocycles. The van der Waals surface area contributed by atoms with Crippen molar-refractivity contribution in [3.8, 4) is 0 Å². The summed E-state index contributed by atoms with van der Waals surface area (Å²) in [6.07, 6.45) is 6.49. The molecule has 0 radical (unpaired) electrons. The lowest BCUT2D eigenvalue weighted by atomic mass is 10.2. The molecule has 0 aliphatic carbocycles. The molecule has 90 valence electrons. The highest BCUT2D eigenvalue weighted by Crippen LogP contribution is 2.35. The second kappa shape index (κ2) is 5.58. The quantitative estimate of drug-likeness (QED) is 0.826. The lowest BCUT2D eigenvalue weighted by Crippen LogP contribution is -2.24. The molecule has 0 fully saturated rings. The summed E-state index contributed by atoms with van der Waals surface area (Å²) in [7, 11) is -0.830. The van der Waals surface area contributed by atoms with Crippen molar-refractivity contribution in [2.24, 2.45) is 0 Å². The Labute approximate surface area is 114 Å². The molecule has 1 rings (SSSR count). The van der Waals surface area contributed by atoms with Crippen LogP contribution in [-0.2, 0) is 6.54 Å². The maximum atomic E-state index is 5.93. The molecule has 16 heavy (non-hydrogen) atoms. The second-order valence-electron chi connectivity index (χ2n) is 4.23. The topological polar surface area (TPSA) is 12.0 Å². The molecule has 0 atom stereocenters. The third kappa shape index (κ3) is 4.13. The van der Waals surface area contributed by atoms with Crippen LogP contribution < -0.4 is 5.32 Å². The second-order valence-corrected chi connectivity index (χ2v) is 9.79. The smallest absolute Gasteiger partial charge is 0.116 e. The van der Waals surface area contributed by atoms with E-state index in [-0.39, 0.29) is 0 Å². The number of benzene rings is 1. The van der Waals surface area contributed by atoms with E-state index in [1.807, 2.05) is 12.1 Å². The Kier molecular flexibility index (Phi) is 4.92. The number of hydrogen-bond acceptors (Lipinski definition) is 1. The van der Waals surface area contributed by atoms with Crippen LogP contribution in [0.5, 0.6) is 0 Å². The lowest BCUT2D eigenvalue weighted by Gasteiger charge is -2.27. The van der Waals surface area contributed by atoms with Gasteiger partial charge in [0.05, 0.1) is 10.0 Å². The Morgan fingerprint density at radius 3 is 2.38 bits per heavy atom. The molecule has 1 nitrogen and oxygen atoms in total. The fraction of sp³-hybridized carbons (Fsp3) is 0.364. The first-order chi connectivity index (χ1) is 7.30. The fourth-order valence-electron chi connectivity index (χ4n) is 1.04. The van der Waals surface area contributed by atoms with Gasteiger partial charge in [0, 0.05) is 6.54 Å². The minimum absolute atomic E-state index is 0.578. The number of rotatable bonds is 2. The van der Waals surface area contributed by atoms with Crippen LogP contribution >= 0.6 is 45.4 Å². The summed E-state index contributed by atoms with van der Waals surface area (Å²) in [6, 6.07) is 5.60. The van der Waals surface area contributed by atoms with Gasteiger partial charge in [0.1, 0.15) is 4.32 Å². The van der Waals surface area contributed by atoms with E-state index in [9.17, 15) is 0 Å². The van der Waals surface area contributed by atoms with E-state index in [0.717, 1.165) is 9.88 Å². The molecule has 0 saturated heterocycles. The molecule has 1 aromatic carbocycles. The average molecular weight is 296 g/mol. The summed E-state index contributed by atoms with van der Waals surface area (Å²) in [5.41, 5.74) is 1.08. The summed E-state index contributed by atoms with van der Waals surface area (Å²) >= 11 is 17.1. The minimum Gasteiger partial charge on any atom is -0.368 e. The largest absolute Gasteiger partial charge is 0.368 e. The van der Waals surface area contributed by atoms with Crippen LogP contribution in [0.4, 0.5) is 0 Å². The van der Waals surface area contributed by atoms with E-state index < -0.39 is 10.0 Å². The van der Waals surface area contributed by atoms with Crippen molar-refractivity contribution in [3.05, 3.63) is 33.8 Å². The summed E-state index contributed by atoms with van der Waals surface area (Å²) in [5, 5.41) is 4.41. The van der Waals surface area contributed by atoms with Crippen molar-refractivity contribution >= 4 is 49.8 Å². The van der Waals surface area contributed by atoms with Gasteiger partial charge in [0.25, 0.3) is 0 Å². The average Bonchev–Trinajstić information content (AvgIpc) is 2.18. The predicted octanol–water partition coefficient (Wildman–Crippen LogP) is 4.06. The molecular weight excluding hydrogens is 281 g/mol. The molecule has 0 aliphatic heterocycles. The van der Waals surface area contributed by atoms with Crippen molar-refractivity contribution < 1.29 is 0 Å². The van der Waals surface area contributed by atoms with Crippen LogP contribution in [0.1, 0.15) is 5.56 Å². The van der Waals surface area contributed by atoms with Crippen LogP contribution in [0.2, 0.25) is 10.0 Å². The van der Waals surface area contributed by atoms with E-state index >= 15 is 0 Å². The summed E-state index contributed by atoms with van der Waals surface area (Å²) in [4.78, 5) is 0. The molecule has 0 aromatic heterocycles. The van der Waals surface area contributed by atoms with Crippen molar-refractivity contribution in [1.82, 2.24) is 5.32 Å². The van der Waals surface area contributed by atoms with Gasteiger partial charge in [-0.3, -0.25) is 0 Å². The van der Waals surface area contributed by atoms with Crippen LogP contribution in [0.15, 0.2) is 18.2 Å². The first-order valence-electron chi connectivity index (χ1n) is 4.71. The molecule has 0 unspecified atom stereocenters. The first-order valence-corrected chi connectivity index (χ1v) is 8.73. The summed E-state index contributed by atoms with van der Waals surface area (Å²) in [5.74, 6) is 0. The van der Waals surface area contributed by atoms with E-state index in [0.29, 0.717) is 16.6 Å². The third-order valence-corrected chi connectivity index (χ3v) is 5.62. The van der Waals surface area contributed by atoms with Crippen molar-refractivity contribution in [3.63, 3.8) is 0 Å². The molecule has 0 aliphatic rings. The maximum absolute atomic E-state index is 5.93. The number of thiocarbonyl (C=S) groups is 1. The van der Waals surface area contributed by atoms with E-state index in [4.69, 9.17) is 35.4 Å². The molecule has 1 aromatic rings. The zero-order chi connectivity index (χ0) is 12.3. The minimum atomic E-state index is -0.830. The summed E-state index contributed by atoms with van der Waals surface area (Å²) < 4.78 is 0.929. The third-order valence-electron chi connectivity index (χ3n) is 1.98. The molecular formula is C11H15Cl2NS2. The van der Waals surface area contributed by atoms with Gasteiger partial charge in [-0.05, 0) is 36.5 Å². The standard InChI is InChI=1S/C11H15Cl2NS2/c1-16(2,3)11(15)14-7-8-4-5-9(12)10(13)6-8/h4-6H,7H2,1-3H3,(H,14,15). The van der Waals surface area contributed by atoms with Gasteiger partial charge < -0.3 is 5.32 Å². The fourth-order valence-corrected chi connectivity index (χ4v) is 1.94. The summed E-state index contributed by atoms with van der Waals surface area (Å²) in [6.45, 7) is 0.694.